The number of halogens is 1. The van der Waals surface area contributed by atoms with Gasteiger partial charge in [0, 0.05) is 6.54 Å². The number of carbonyl (C=O) groups is 1. The fraction of sp³-hybridized carbons (Fsp3) is 0.222. The number of amides is 1. The molecule has 1 atom stereocenters. The van der Waals surface area contributed by atoms with Gasteiger partial charge in [0.15, 0.2) is 6.10 Å². The maximum atomic E-state index is 13.5. The molecule has 0 aromatic heterocycles. The van der Waals surface area contributed by atoms with Crippen molar-refractivity contribution in [1.29, 1.82) is 5.26 Å². The summed E-state index contributed by atoms with van der Waals surface area (Å²) in [5.74, 6) is -0.0815. The van der Waals surface area contributed by atoms with E-state index in [9.17, 15) is 9.18 Å². The minimum absolute atomic E-state index is 0.233. The maximum absolute atomic E-state index is 13.5. The first-order valence-corrected chi connectivity index (χ1v) is 7.19. The Bertz CT molecular complexity index is 736. The van der Waals surface area contributed by atoms with Crippen molar-refractivity contribution < 1.29 is 13.9 Å². The van der Waals surface area contributed by atoms with Crippen LogP contribution >= 0.6 is 0 Å². The van der Waals surface area contributed by atoms with Crippen LogP contribution in [0, 0.1) is 24.1 Å². The molecule has 2 aromatic carbocycles. The maximum Gasteiger partial charge on any atom is 0.261 e. The smallest absolute Gasteiger partial charge is 0.261 e. The number of aryl methyl sites for hydroxylation is 1. The molecule has 2 aromatic rings. The Labute approximate surface area is 134 Å². The van der Waals surface area contributed by atoms with Crippen molar-refractivity contribution in [2.24, 2.45) is 0 Å². The highest BCUT2D eigenvalue weighted by atomic mass is 19.1. The summed E-state index contributed by atoms with van der Waals surface area (Å²) in [6.07, 6.45) is -0.696. The number of hydrogen-bond donors (Lipinski definition) is 1. The predicted molar refractivity (Wildman–Crippen MR) is 84.2 cm³/mol. The highest BCUT2D eigenvalue weighted by Crippen LogP contribution is 2.14. The second kappa shape index (κ2) is 7.41. The molecule has 0 radical (unpaired) electrons. The van der Waals surface area contributed by atoms with Gasteiger partial charge in [0.2, 0.25) is 0 Å². The monoisotopic (exact) mass is 312 g/mol. The van der Waals surface area contributed by atoms with E-state index in [1.165, 1.54) is 6.07 Å². The molecule has 0 bridgehead atoms. The zero-order chi connectivity index (χ0) is 16.8. The number of hydrogen-bond acceptors (Lipinski definition) is 3. The summed E-state index contributed by atoms with van der Waals surface area (Å²) in [4.78, 5) is 12.0. The van der Waals surface area contributed by atoms with Crippen molar-refractivity contribution in [2.45, 2.75) is 26.5 Å². The highest BCUT2D eigenvalue weighted by Gasteiger charge is 2.14. The van der Waals surface area contributed by atoms with Gasteiger partial charge in [-0.1, -0.05) is 12.1 Å². The number of carbonyl (C=O) groups excluding carboxylic acids is 1. The average molecular weight is 312 g/mol. The first-order chi connectivity index (χ1) is 11.0. The summed E-state index contributed by atoms with van der Waals surface area (Å²) in [5, 5.41) is 11.4. The van der Waals surface area contributed by atoms with E-state index in [1.807, 2.05) is 6.07 Å². The normalized spacial score (nSPS) is 11.4. The Kier molecular flexibility index (Phi) is 5.32. The lowest BCUT2D eigenvalue weighted by Crippen LogP contribution is -2.35. The van der Waals surface area contributed by atoms with Gasteiger partial charge < -0.3 is 10.1 Å². The van der Waals surface area contributed by atoms with Crippen LogP contribution in [0.1, 0.15) is 23.6 Å². The van der Waals surface area contributed by atoms with E-state index in [0.717, 1.165) is 0 Å². The van der Waals surface area contributed by atoms with Crippen molar-refractivity contribution in [1.82, 2.24) is 5.32 Å². The zero-order valence-corrected chi connectivity index (χ0v) is 13.0. The minimum Gasteiger partial charge on any atom is -0.481 e. The average Bonchev–Trinajstić information content (AvgIpc) is 2.56. The molecule has 0 spiro atoms. The number of rotatable bonds is 5. The molecule has 1 N–H and O–H groups in total. The van der Waals surface area contributed by atoms with E-state index in [4.69, 9.17) is 10.00 Å². The van der Waals surface area contributed by atoms with Gasteiger partial charge in [-0.25, -0.2) is 4.39 Å². The van der Waals surface area contributed by atoms with Gasteiger partial charge in [0.05, 0.1) is 11.6 Å². The molecule has 23 heavy (non-hydrogen) atoms. The van der Waals surface area contributed by atoms with Gasteiger partial charge in [-0.2, -0.15) is 5.26 Å². The Balaban J connectivity index is 1.89. The molecule has 0 aliphatic rings. The molecule has 0 saturated heterocycles. The Morgan fingerprint density at radius 3 is 2.61 bits per heavy atom. The lowest BCUT2D eigenvalue weighted by atomic mass is 10.1. The Hall–Kier alpha value is -2.87. The largest absolute Gasteiger partial charge is 0.481 e. The van der Waals surface area contributed by atoms with Crippen molar-refractivity contribution in [3.8, 4) is 11.8 Å². The molecule has 0 saturated carbocycles. The van der Waals surface area contributed by atoms with Crippen LogP contribution in [-0.4, -0.2) is 12.0 Å². The van der Waals surface area contributed by atoms with Crippen LogP contribution in [0.25, 0.3) is 0 Å². The summed E-state index contributed by atoms with van der Waals surface area (Å²) in [5.41, 5.74) is 1.78. The van der Waals surface area contributed by atoms with Crippen molar-refractivity contribution in [3.63, 3.8) is 0 Å². The molecule has 1 unspecified atom stereocenters. The number of ether oxygens (including phenoxy) is 1. The van der Waals surface area contributed by atoms with Crippen molar-refractivity contribution in [2.75, 3.05) is 0 Å². The molecule has 4 nitrogen and oxygen atoms in total. The van der Waals surface area contributed by atoms with E-state index in [-0.39, 0.29) is 18.3 Å². The molecule has 0 aliphatic heterocycles. The Morgan fingerprint density at radius 1 is 1.30 bits per heavy atom. The summed E-state index contributed by atoms with van der Waals surface area (Å²) >= 11 is 0. The number of benzene rings is 2. The van der Waals surface area contributed by atoms with Crippen LogP contribution in [0.4, 0.5) is 4.39 Å². The van der Waals surface area contributed by atoms with Crippen molar-refractivity contribution >= 4 is 5.91 Å². The second-order valence-electron chi connectivity index (χ2n) is 5.20. The fourth-order valence-electron chi connectivity index (χ4n) is 1.94. The van der Waals surface area contributed by atoms with Crippen LogP contribution in [0.2, 0.25) is 0 Å². The third-order valence-corrected chi connectivity index (χ3v) is 3.37. The second-order valence-corrected chi connectivity index (χ2v) is 5.20. The third-order valence-electron chi connectivity index (χ3n) is 3.37. The van der Waals surface area contributed by atoms with Gasteiger partial charge in [0.1, 0.15) is 11.6 Å². The molecular weight excluding hydrogens is 295 g/mol. The predicted octanol–water partition coefficient (Wildman–Crippen LogP) is 3.09. The standard InChI is InChI=1S/C18H17FN2O2/c1-12-3-4-15(9-17(12)19)11-21-18(22)13(2)23-16-7-5-14(10-20)6-8-16/h3-9,13H,11H2,1-2H3,(H,21,22). The quantitative estimate of drug-likeness (QED) is 0.923. The van der Waals surface area contributed by atoms with E-state index in [1.54, 1.807) is 50.2 Å². The molecule has 0 aliphatic carbocycles. The summed E-state index contributed by atoms with van der Waals surface area (Å²) in [6.45, 7) is 3.55. The highest BCUT2D eigenvalue weighted by molar-refractivity contribution is 5.80. The topological polar surface area (TPSA) is 62.1 Å². The fourth-order valence-corrected chi connectivity index (χ4v) is 1.94. The van der Waals surface area contributed by atoms with Crippen LogP contribution in [0.5, 0.6) is 5.75 Å². The van der Waals surface area contributed by atoms with E-state index < -0.39 is 6.10 Å². The van der Waals surface area contributed by atoms with Gasteiger partial charge in [0.25, 0.3) is 5.91 Å². The first kappa shape index (κ1) is 16.5. The molecule has 1 amide bonds. The van der Waals surface area contributed by atoms with Gasteiger partial charge in [-0.05, 0) is 55.3 Å². The lowest BCUT2D eigenvalue weighted by Gasteiger charge is -2.15. The molecule has 5 heteroatoms. The first-order valence-electron chi connectivity index (χ1n) is 7.19. The number of nitrogens with one attached hydrogen (secondary N) is 1. The van der Waals surface area contributed by atoms with E-state index >= 15 is 0 Å². The lowest BCUT2D eigenvalue weighted by molar-refractivity contribution is -0.127. The van der Waals surface area contributed by atoms with E-state index in [2.05, 4.69) is 5.32 Å². The molecule has 0 heterocycles. The molecule has 0 fully saturated rings. The molecule has 118 valence electrons. The summed E-state index contributed by atoms with van der Waals surface area (Å²) < 4.78 is 19.0. The van der Waals surface area contributed by atoms with Gasteiger partial charge in [-0.3, -0.25) is 4.79 Å². The van der Waals surface area contributed by atoms with Crippen LogP contribution < -0.4 is 10.1 Å². The molecule has 2 rings (SSSR count). The minimum atomic E-state index is -0.696. The van der Waals surface area contributed by atoms with Crippen LogP contribution in [0.3, 0.4) is 0 Å². The van der Waals surface area contributed by atoms with Crippen LogP contribution in [0.15, 0.2) is 42.5 Å². The van der Waals surface area contributed by atoms with Crippen molar-refractivity contribution in [3.05, 3.63) is 65.0 Å². The molecular formula is C18H17FN2O2. The summed E-state index contributed by atoms with van der Waals surface area (Å²) in [6, 6.07) is 13.4. The number of nitrogens with zero attached hydrogens (tertiary/aromatic N) is 1. The van der Waals surface area contributed by atoms with Crippen LogP contribution in [-0.2, 0) is 11.3 Å². The summed E-state index contributed by atoms with van der Waals surface area (Å²) in [7, 11) is 0. The van der Waals surface area contributed by atoms with Gasteiger partial charge in [-0.15, -0.1) is 0 Å². The zero-order valence-electron chi connectivity index (χ0n) is 13.0. The Morgan fingerprint density at radius 2 is 2.00 bits per heavy atom. The van der Waals surface area contributed by atoms with Gasteiger partial charge >= 0.3 is 0 Å². The number of nitriles is 1. The SMILES string of the molecule is Cc1ccc(CNC(=O)C(C)Oc2ccc(C#N)cc2)cc1F. The third kappa shape index (κ3) is 4.55. The van der Waals surface area contributed by atoms with E-state index in [0.29, 0.717) is 22.4 Å².